The fourth-order valence-electron chi connectivity index (χ4n) is 2.38. The molecule has 0 saturated carbocycles. The monoisotopic (exact) mass is 353 g/mol. The maximum absolute atomic E-state index is 12.9. The lowest BCUT2D eigenvalue weighted by Gasteiger charge is -2.15. The molecular weight excluding hydrogens is 338 g/mol. The Kier molecular flexibility index (Phi) is 4.55. The molecule has 0 saturated heterocycles. The zero-order valence-corrected chi connectivity index (χ0v) is 14.2. The SMILES string of the molecule is CC(C#N)Oc1ccccc1NS(=O)(=O)c1cccc2ncccc12. The highest BCUT2D eigenvalue weighted by Crippen LogP contribution is 2.29. The highest BCUT2D eigenvalue weighted by molar-refractivity contribution is 7.93. The van der Waals surface area contributed by atoms with E-state index in [9.17, 15) is 8.42 Å². The van der Waals surface area contributed by atoms with Crippen LogP contribution < -0.4 is 9.46 Å². The summed E-state index contributed by atoms with van der Waals surface area (Å²) in [6.07, 6.45) is 0.908. The predicted molar refractivity (Wildman–Crippen MR) is 94.7 cm³/mol. The molecule has 1 N–H and O–H groups in total. The number of nitrogens with one attached hydrogen (secondary N) is 1. The van der Waals surface area contributed by atoms with Crippen LogP contribution in [0, 0.1) is 11.3 Å². The Morgan fingerprint density at radius 1 is 1.12 bits per heavy atom. The first-order chi connectivity index (χ1) is 12.0. The van der Waals surface area contributed by atoms with E-state index in [4.69, 9.17) is 10.00 Å². The second kappa shape index (κ2) is 6.79. The van der Waals surface area contributed by atoms with E-state index in [2.05, 4.69) is 9.71 Å². The maximum atomic E-state index is 12.9. The molecule has 25 heavy (non-hydrogen) atoms. The molecule has 1 aromatic heterocycles. The molecule has 0 fully saturated rings. The van der Waals surface area contributed by atoms with E-state index in [1.165, 1.54) is 6.07 Å². The first-order valence-corrected chi connectivity index (χ1v) is 9.01. The van der Waals surface area contributed by atoms with Crippen LogP contribution in [0.4, 0.5) is 5.69 Å². The van der Waals surface area contributed by atoms with E-state index in [-0.39, 0.29) is 10.6 Å². The summed E-state index contributed by atoms with van der Waals surface area (Å²) in [5, 5.41) is 9.42. The minimum atomic E-state index is -3.86. The van der Waals surface area contributed by atoms with Crippen LogP contribution in [0.15, 0.2) is 65.7 Å². The van der Waals surface area contributed by atoms with Gasteiger partial charge in [-0.1, -0.05) is 18.2 Å². The maximum Gasteiger partial charge on any atom is 0.262 e. The van der Waals surface area contributed by atoms with Gasteiger partial charge in [-0.2, -0.15) is 5.26 Å². The molecule has 126 valence electrons. The third kappa shape index (κ3) is 3.54. The van der Waals surface area contributed by atoms with Crippen molar-refractivity contribution in [2.24, 2.45) is 0 Å². The lowest BCUT2D eigenvalue weighted by molar-refractivity contribution is 0.278. The lowest BCUT2D eigenvalue weighted by Crippen LogP contribution is -2.16. The smallest absolute Gasteiger partial charge is 0.262 e. The number of nitrogens with zero attached hydrogens (tertiary/aromatic N) is 2. The van der Waals surface area contributed by atoms with Crippen LogP contribution in [0.2, 0.25) is 0 Å². The van der Waals surface area contributed by atoms with Crippen molar-refractivity contribution in [3.05, 3.63) is 60.8 Å². The van der Waals surface area contributed by atoms with Crippen LogP contribution >= 0.6 is 0 Å². The normalized spacial score (nSPS) is 12.3. The molecule has 0 radical (unpaired) electrons. The summed E-state index contributed by atoms with van der Waals surface area (Å²) >= 11 is 0. The lowest BCUT2D eigenvalue weighted by atomic mass is 10.2. The molecular formula is C18H15N3O3S. The number of hydrogen-bond donors (Lipinski definition) is 1. The average molecular weight is 353 g/mol. The second-order valence-electron chi connectivity index (χ2n) is 5.32. The first kappa shape index (κ1) is 16.7. The van der Waals surface area contributed by atoms with Crippen molar-refractivity contribution in [1.29, 1.82) is 5.26 Å². The fourth-order valence-corrected chi connectivity index (χ4v) is 3.67. The number of para-hydroxylation sites is 2. The third-order valence-electron chi connectivity index (χ3n) is 3.51. The standard InChI is InChI=1S/C18H15N3O3S/c1-13(12-19)24-17-9-3-2-7-16(17)21-25(22,23)18-10-4-8-15-14(18)6-5-11-20-15/h2-11,13,21H,1H3. The molecule has 3 aromatic rings. The van der Waals surface area contributed by atoms with Crippen LogP contribution in [-0.4, -0.2) is 19.5 Å². The van der Waals surface area contributed by atoms with Gasteiger partial charge in [0.25, 0.3) is 10.0 Å². The second-order valence-corrected chi connectivity index (χ2v) is 6.97. The van der Waals surface area contributed by atoms with E-state index < -0.39 is 16.1 Å². The Bertz CT molecular complexity index is 1050. The molecule has 7 heteroatoms. The number of hydrogen-bond acceptors (Lipinski definition) is 5. The van der Waals surface area contributed by atoms with Gasteiger partial charge in [-0.05, 0) is 43.3 Å². The quantitative estimate of drug-likeness (QED) is 0.759. The van der Waals surface area contributed by atoms with Gasteiger partial charge in [0.15, 0.2) is 6.10 Å². The van der Waals surface area contributed by atoms with Crippen LogP contribution in [0.3, 0.4) is 0 Å². The van der Waals surface area contributed by atoms with Crippen molar-refractivity contribution >= 4 is 26.6 Å². The van der Waals surface area contributed by atoms with Crippen LogP contribution in [-0.2, 0) is 10.0 Å². The van der Waals surface area contributed by atoms with Gasteiger partial charge in [0.1, 0.15) is 11.8 Å². The largest absolute Gasteiger partial charge is 0.474 e. The summed E-state index contributed by atoms with van der Waals surface area (Å²) in [6, 6.07) is 16.8. The first-order valence-electron chi connectivity index (χ1n) is 7.53. The molecule has 0 amide bonds. The van der Waals surface area contributed by atoms with Crippen molar-refractivity contribution < 1.29 is 13.2 Å². The van der Waals surface area contributed by atoms with Gasteiger partial charge in [-0.25, -0.2) is 8.42 Å². The fraction of sp³-hybridized carbons (Fsp3) is 0.111. The topological polar surface area (TPSA) is 92.1 Å². The van der Waals surface area contributed by atoms with Crippen LogP contribution in [0.1, 0.15) is 6.92 Å². The minimum Gasteiger partial charge on any atom is -0.474 e. The van der Waals surface area contributed by atoms with Crippen molar-refractivity contribution in [3.8, 4) is 11.8 Å². The van der Waals surface area contributed by atoms with Crippen LogP contribution in [0.25, 0.3) is 10.9 Å². The molecule has 1 heterocycles. The zero-order chi connectivity index (χ0) is 17.9. The Morgan fingerprint density at radius 3 is 2.72 bits per heavy atom. The molecule has 1 unspecified atom stereocenters. The predicted octanol–water partition coefficient (Wildman–Crippen LogP) is 3.33. The van der Waals surface area contributed by atoms with Crippen molar-refractivity contribution in [2.45, 2.75) is 17.9 Å². The van der Waals surface area contributed by atoms with Gasteiger partial charge in [0.05, 0.1) is 16.1 Å². The summed E-state index contributed by atoms with van der Waals surface area (Å²) in [5.74, 6) is 0.290. The number of rotatable bonds is 5. The van der Waals surface area contributed by atoms with Crippen molar-refractivity contribution in [2.75, 3.05) is 4.72 Å². The molecule has 0 aliphatic carbocycles. The number of anilines is 1. The van der Waals surface area contributed by atoms with Gasteiger partial charge in [-0.15, -0.1) is 0 Å². The summed E-state index contributed by atoms with van der Waals surface area (Å²) in [6.45, 7) is 1.58. The minimum absolute atomic E-state index is 0.126. The van der Waals surface area contributed by atoms with Gasteiger partial charge < -0.3 is 4.74 Å². The number of nitriles is 1. The molecule has 0 spiro atoms. The number of aromatic nitrogens is 1. The highest BCUT2D eigenvalue weighted by Gasteiger charge is 2.20. The van der Waals surface area contributed by atoms with E-state index in [1.807, 2.05) is 6.07 Å². The molecule has 6 nitrogen and oxygen atoms in total. The van der Waals surface area contributed by atoms with E-state index in [0.717, 1.165) is 0 Å². The molecule has 0 bridgehead atoms. The molecule has 2 aromatic carbocycles. The van der Waals surface area contributed by atoms with E-state index in [1.54, 1.807) is 61.7 Å². The molecule has 0 aliphatic heterocycles. The third-order valence-corrected chi connectivity index (χ3v) is 4.94. The summed E-state index contributed by atoms with van der Waals surface area (Å²) in [7, 11) is -3.86. The number of benzene rings is 2. The van der Waals surface area contributed by atoms with Crippen molar-refractivity contribution in [1.82, 2.24) is 4.98 Å². The highest BCUT2D eigenvalue weighted by atomic mass is 32.2. The summed E-state index contributed by atoms with van der Waals surface area (Å²) in [5.41, 5.74) is 0.860. The molecule has 3 rings (SSSR count). The number of ether oxygens (including phenoxy) is 1. The molecule has 1 atom stereocenters. The Labute approximate surface area is 145 Å². The van der Waals surface area contributed by atoms with Gasteiger partial charge >= 0.3 is 0 Å². The Balaban J connectivity index is 2.02. The van der Waals surface area contributed by atoms with E-state index in [0.29, 0.717) is 16.7 Å². The Morgan fingerprint density at radius 2 is 1.92 bits per heavy atom. The van der Waals surface area contributed by atoms with Crippen LogP contribution in [0.5, 0.6) is 5.75 Å². The van der Waals surface area contributed by atoms with Gasteiger partial charge in [0, 0.05) is 11.6 Å². The number of sulfonamides is 1. The number of pyridine rings is 1. The number of fused-ring (bicyclic) bond motifs is 1. The van der Waals surface area contributed by atoms with Crippen molar-refractivity contribution in [3.63, 3.8) is 0 Å². The average Bonchev–Trinajstić information content (AvgIpc) is 2.62. The van der Waals surface area contributed by atoms with Gasteiger partial charge in [-0.3, -0.25) is 9.71 Å². The Hall–Kier alpha value is -3.11. The molecule has 0 aliphatic rings. The van der Waals surface area contributed by atoms with E-state index >= 15 is 0 Å². The summed E-state index contributed by atoms with van der Waals surface area (Å²) in [4.78, 5) is 4.30. The zero-order valence-electron chi connectivity index (χ0n) is 13.4. The summed E-state index contributed by atoms with van der Waals surface area (Å²) < 4.78 is 33.7. The van der Waals surface area contributed by atoms with Gasteiger partial charge in [0.2, 0.25) is 0 Å².